The summed E-state index contributed by atoms with van der Waals surface area (Å²) in [6, 6.07) is 3.78. The minimum atomic E-state index is 0.555. The van der Waals surface area contributed by atoms with Gasteiger partial charge in [0.05, 0.1) is 21.8 Å². The lowest BCUT2D eigenvalue weighted by Crippen LogP contribution is -1.75. The van der Waals surface area contributed by atoms with Crippen molar-refractivity contribution in [1.82, 2.24) is 15.2 Å². The Morgan fingerprint density at radius 1 is 1.24 bits per heavy atom. The summed E-state index contributed by atoms with van der Waals surface area (Å²) in [7, 11) is 0. The maximum atomic E-state index is 6.19. The van der Waals surface area contributed by atoms with Crippen molar-refractivity contribution >= 4 is 34.1 Å². The number of halogens is 2. The molecule has 0 aliphatic rings. The Kier molecular flexibility index (Phi) is 2.38. The van der Waals surface area contributed by atoms with Crippen LogP contribution in [0.2, 0.25) is 10.0 Å². The number of benzene rings is 1. The molecule has 0 unspecified atom stereocenters. The second kappa shape index (κ2) is 3.79. The molecule has 0 aliphatic carbocycles. The molecule has 0 saturated heterocycles. The summed E-state index contributed by atoms with van der Waals surface area (Å²) in [6.45, 7) is 2.01. The minimum absolute atomic E-state index is 0.555. The molecular weight excluding hydrogens is 257 g/mol. The summed E-state index contributed by atoms with van der Waals surface area (Å²) < 4.78 is 0. The first-order valence-corrected chi connectivity index (χ1v) is 5.89. The molecule has 3 rings (SSSR count). The van der Waals surface area contributed by atoms with E-state index in [9.17, 15) is 0 Å². The number of fused-ring (bicyclic) bond motifs is 1. The zero-order valence-corrected chi connectivity index (χ0v) is 10.5. The van der Waals surface area contributed by atoms with Crippen molar-refractivity contribution in [2.24, 2.45) is 0 Å². The lowest BCUT2D eigenvalue weighted by molar-refractivity contribution is 1.09. The van der Waals surface area contributed by atoms with Gasteiger partial charge in [-0.15, -0.1) is 0 Å². The van der Waals surface area contributed by atoms with Crippen LogP contribution in [0, 0.1) is 6.92 Å². The van der Waals surface area contributed by atoms with Crippen molar-refractivity contribution in [3.05, 3.63) is 40.3 Å². The van der Waals surface area contributed by atoms with Crippen LogP contribution in [0.5, 0.6) is 0 Å². The number of nitrogens with zero attached hydrogens (tertiary/aromatic N) is 1. The molecule has 0 aliphatic heterocycles. The summed E-state index contributed by atoms with van der Waals surface area (Å²) in [5.74, 6) is 0. The highest BCUT2D eigenvalue weighted by molar-refractivity contribution is 6.45. The van der Waals surface area contributed by atoms with E-state index < -0.39 is 0 Å². The fourth-order valence-electron chi connectivity index (χ4n) is 2.09. The summed E-state index contributed by atoms with van der Waals surface area (Å²) in [5, 5.41) is 8.95. The van der Waals surface area contributed by atoms with E-state index in [0.717, 1.165) is 27.7 Å². The zero-order chi connectivity index (χ0) is 12.0. The average molecular weight is 266 g/mol. The summed E-state index contributed by atoms with van der Waals surface area (Å²) in [5.41, 5.74) is 4.05. The Hall–Kier alpha value is -1.45. The highest BCUT2D eigenvalue weighted by Crippen LogP contribution is 2.37. The monoisotopic (exact) mass is 265 g/mol. The largest absolute Gasteiger partial charge is 0.357 e. The maximum absolute atomic E-state index is 6.19. The minimum Gasteiger partial charge on any atom is -0.357 e. The number of aryl methyl sites for hydroxylation is 1. The smallest absolute Gasteiger partial charge is 0.0833 e. The van der Waals surface area contributed by atoms with Crippen LogP contribution in [-0.2, 0) is 0 Å². The van der Waals surface area contributed by atoms with Crippen LogP contribution in [0.25, 0.3) is 22.0 Å². The number of rotatable bonds is 1. The number of nitrogens with one attached hydrogen (secondary N) is 2. The molecule has 1 aromatic carbocycles. The third-order valence-corrected chi connectivity index (χ3v) is 3.64. The van der Waals surface area contributed by atoms with Gasteiger partial charge in [-0.2, -0.15) is 5.10 Å². The van der Waals surface area contributed by atoms with Gasteiger partial charge in [-0.3, -0.25) is 5.10 Å². The summed E-state index contributed by atoms with van der Waals surface area (Å²) in [6.07, 6.45) is 3.65. The highest BCUT2D eigenvalue weighted by Gasteiger charge is 2.14. The van der Waals surface area contributed by atoms with Crippen LogP contribution in [0.4, 0.5) is 0 Å². The van der Waals surface area contributed by atoms with Gasteiger partial charge >= 0.3 is 0 Å². The fourth-order valence-corrected chi connectivity index (χ4v) is 2.46. The molecule has 2 aromatic heterocycles. The second-order valence-corrected chi connectivity index (χ2v) is 4.68. The van der Waals surface area contributed by atoms with E-state index in [0.29, 0.717) is 10.0 Å². The van der Waals surface area contributed by atoms with Crippen molar-refractivity contribution < 1.29 is 0 Å². The molecule has 3 nitrogen and oxygen atoms in total. The van der Waals surface area contributed by atoms with Gasteiger partial charge in [0.15, 0.2) is 0 Å². The summed E-state index contributed by atoms with van der Waals surface area (Å²) >= 11 is 12.2. The van der Waals surface area contributed by atoms with Crippen LogP contribution in [0.15, 0.2) is 24.5 Å². The van der Waals surface area contributed by atoms with Crippen LogP contribution in [-0.4, -0.2) is 15.2 Å². The van der Waals surface area contributed by atoms with Crippen molar-refractivity contribution in [2.75, 3.05) is 0 Å². The van der Waals surface area contributed by atoms with Crippen molar-refractivity contribution in [3.8, 4) is 11.1 Å². The number of hydrogen-bond acceptors (Lipinski definition) is 1. The average Bonchev–Trinajstić information content (AvgIpc) is 2.90. The topological polar surface area (TPSA) is 44.5 Å². The summed E-state index contributed by atoms with van der Waals surface area (Å²) in [4.78, 5) is 3.27. The lowest BCUT2D eigenvalue weighted by atomic mass is 10.1. The molecule has 0 spiro atoms. The number of hydrogen-bond donors (Lipinski definition) is 2. The van der Waals surface area contributed by atoms with Crippen LogP contribution in [0.1, 0.15) is 5.69 Å². The maximum Gasteiger partial charge on any atom is 0.0833 e. The normalized spacial score (nSPS) is 11.2. The van der Waals surface area contributed by atoms with E-state index in [4.69, 9.17) is 23.2 Å². The third kappa shape index (κ3) is 1.54. The predicted molar refractivity (Wildman–Crippen MR) is 70.6 cm³/mol. The Bertz CT molecular complexity index is 683. The molecule has 0 amide bonds. The molecular formula is C12H9Cl2N3. The zero-order valence-electron chi connectivity index (χ0n) is 9.01. The molecule has 86 valence electrons. The van der Waals surface area contributed by atoms with Crippen LogP contribution >= 0.6 is 23.2 Å². The molecule has 0 fully saturated rings. The standard InChI is InChI=1S/C12H9Cl2N3/c1-6-10(7-4-15-16-5-7)8-2-3-9(13)11(14)12(8)17-6/h2-5,17H,1H3,(H,15,16). The third-order valence-electron chi connectivity index (χ3n) is 2.84. The highest BCUT2D eigenvalue weighted by atomic mass is 35.5. The number of aromatic nitrogens is 3. The fraction of sp³-hybridized carbons (Fsp3) is 0.0833. The van der Waals surface area contributed by atoms with Gasteiger partial charge in [0.2, 0.25) is 0 Å². The van der Waals surface area contributed by atoms with Gasteiger partial charge in [-0.05, 0) is 13.0 Å². The quantitative estimate of drug-likeness (QED) is 0.682. The van der Waals surface area contributed by atoms with Crippen LogP contribution < -0.4 is 0 Å². The number of H-pyrrole nitrogens is 2. The van der Waals surface area contributed by atoms with E-state index in [-0.39, 0.29) is 0 Å². The van der Waals surface area contributed by atoms with Crippen molar-refractivity contribution in [1.29, 1.82) is 0 Å². The molecule has 5 heteroatoms. The van der Waals surface area contributed by atoms with Crippen molar-refractivity contribution in [2.45, 2.75) is 6.92 Å². The van der Waals surface area contributed by atoms with E-state index in [1.165, 1.54) is 0 Å². The van der Waals surface area contributed by atoms with Crippen LogP contribution in [0.3, 0.4) is 0 Å². The first-order valence-electron chi connectivity index (χ1n) is 5.14. The molecule has 17 heavy (non-hydrogen) atoms. The first kappa shape index (κ1) is 10.7. The molecule has 0 bridgehead atoms. The van der Waals surface area contributed by atoms with Gasteiger partial charge in [-0.25, -0.2) is 0 Å². The van der Waals surface area contributed by atoms with Gasteiger partial charge < -0.3 is 4.98 Å². The predicted octanol–water partition coefficient (Wildman–Crippen LogP) is 4.17. The molecule has 3 aromatic rings. The molecule has 0 saturated carbocycles. The number of aromatic amines is 2. The van der Waals surface area contributed by atoms with E-state index in [1.807, 2.05) is 25.3 Å². The van der Waals surface area contributed by atoms with Gasteiger partial charge in [0, 0.05) is 28.4 Å². The van der Waals surface area contributed by atoms with Gasteiger partial charge in [0.1, 0.15) is 0 Å². The Morgan fingerprint density at radius 2 is 2.06 bits per heavy atom. The van der Waals surface area contributed by atoms with Gasteiger partial charge in [0.25, 0.3) is 0 Å². The van der Waals surface area contributed by atoms with E-state index in [1.54, 1.807) is 6.20 Å². The SMILES string of the molecule is Cc1[nH]c2c(Cl)c(Cl)ccc2c1-c1cn[nH]c1. The lowest BCUT2D eigenvalue weighted by Gasteiger charge is -1.99. The van der Waals surface area contributed by atoms with E-state index in [2.05, 4.69) is 15.2 Å². The van der Waals surface area contributed by atoms with Crippen molar-refractivity contribution in [3.63, 3.8) is 0 Å². The Morgan fingerprint density at radius 3 is 2.76 bits per heavy atom. The Balaban J connectivity index is 2.40. The van der Waals surface area contributed by atoms with Gasteiger partial charge in [-0.1, -0.05) is 29.3 Å². The molecule has 2 N–H and O–H groups in total. The Labute approximate surface area is 108 Å². The molecule has 0 radical (unpaired) electrons. The molecule has 0 atom stereocenters. The first-order chi connectivity index (χ1) is 8.18. The second-order valence-electron chi connectivity index (χ2n) is 3.90. The molecule has 2 heterocycles. The van der Waals surface area contributed by atoms with E-state index >= 15 is 0 Å².